The van der Waals surface area contributed by atoms with Crippen LogP contribution in [0.25, 0.3) is 0 Å². The molecule has 2 aromatic carbocycles. The topological polar surface area (TPSA) is 0 Å². The maximum absolute atomic E-state index is 5.35. The molecule has 0 aliphatic carbocycles. The predicted octanol–water partition coefficient (Wildman–Crippen LogP) is 4.95. The van der Waals surface area contributed by atoms with Gasteiger partial charge in [-0.3, -0.25) is 0 Å². The second kappa shape index (κ2) is 7.16. The molecule has 0 heterocycles. The first kappa shape index (κ1) is 13.9. The summed E-state index contributed by atoms with van der Waals surface area (Å²) in [7, 11) is 0. The summed E-state index contributed by atoms with van der Waals surface area (Å²) in [6.07, 6.45) is 11.2. The van der Waals surface area contributed by atoms with E-state index in [4.69, 9.17) is 6.42 Å². The lowest BCUT2D eigenvalue weighted by atomic mass is 9.84. The van der Waals surface area contributed by atoms with Gasteiger partial charge in [0.25, 0.3) is 0 Å². The summed E-state index contributed by atoms with van der Waals surface area (Å²) in [6, 6.07) is 21.0. The molecular formula is C20H18. The number of allylic oxidation sites excluding steroid dienone is 4. The van der Waals surface area contributed by atoms with Crippen LogP contribution in [0.4, 0.5) is 0 Å². The third-order valence-corrected chi connectivity index (χ3v) is 3.30. The quantitative estimate of drug-likeness (QED) is 0.537. The summed E-state index contributed by atoms with van der Waals surface area (Å²) in [5.74, 6) is 2.78. The summed E-state index contributed by atoms with van der Waals surface area (Å²) in [4.78, 5) is 0. The van der Waals surface area contributed by atoms with Crippen molar-refractivity contribution < 1.29 is 0 Å². The van der Waals surface area contributed by atoms with Crippen molar-refractivity contribution in [1.29, 1.82) is 0 Å². The van der Waals surface area contributed by atoms with Crippen LogP contribution >= 0.6 is 0 Å². The highest BCUT2D eigenvalue weighted by molar-refractivity contribution is 5.45. The first-order valence-corrected chi connectivity index (χ1v) is 6.75. The van der Waals surface area contributed by atoms with Gasteiger partial charge in [-0.05, 0) is 29.7 Å². The van der Waals surface area contributed by atoms with Gasteiger partial charge in [-0.1, -0.05) is 78.7 Å². The van der Waals surface area contributed by atoms with E-state index in [1.165, 1.54) is 16.7 Å². The second-order valence-corrected chi connectivity index (χ2v) is 4.54. The molecule has 98 valence electrons. The Morgan fingerprint density at radius 1 is 0.950 bits per heavy atom. The van der Waals surface area contributed by atoms with Crippen molar-refractivity contribution in [3.8, 4) is 12.3 Å². The molecule has 0 saturated heterocycles. The van der Waals surface area contributed by atoms with Crippen molar-refractivity contribution in [2.75, 3.05) is 0 Å². The van der Waals surface area contributed by atoms with Crippen LogP contribution < -0.4 is 0 Å². The average molecular weight is 258 g/mol. The summed E-state index contributed by atoms with van der Waals surface area (Å²) >= 11 is 0. The molecule has 0 bridgehead atoms. The molecule has 2 rings (SSSR count). The average Bonchev–Trinajstić information content (AvgIpc) is 2.53. The lowest BCUT2D eigenvalue weighted by molar-refractivity contribution is 0.973. The fourth-order valence-electron chi connectivity index (χ4n) is 2.37. The fourth-order valence-corrected chi connectivity index (χ4v) is 2.37. The van der Waals surface area contributed by atoms with E-state index in [2.05, 4.69) is 67.5 Å². The van der Waals surface area contributed by atoms with Gasteiger partial charge in [-0.2, -0.15) is 0 Å². The maximum atomic E-state index is 5.35. The fraction of sp³-hybridized carbons (Fsp3) is 0.100. The van der Waals surface area contributed by atoms with Gasteiger partial charge in [-0.25, -0.2) is 0 Å². The molecular weight excluding hydrogens is 240 g/mol. The third kappa shape index (κ3) is 3.28. The van der Waals surface area contributed by atoms with Gasteiger partial charge in [0, 0.05) is 5.92 Å². The Kier molecular flexibility index (Phi) is 4.98. The number of terminal acetylenes is 1. The predicted molar refractivity (Wildman–Crippen MR) is 86.5 cm³/mol. The summed E-state index contributed by atoms with van der Waals surface area (Å²) < 4.78 is 0. The van der Waals surface area contributed by atoms with E-state index in [0.717, 1.165) is 0 Å². The Morgan fingerprint density at radius 3 is 1.85 bits per heavy atom. The number of hydrogen-bond acceptors (Lipinski definition) is 0. The van der Waals surface area contributed by atoms with E-state index >= 15 is 0 Å². The minimum Gasteiger partial charge on any atom is -0.115 e. The molecule has 0 aromatic heterocycles. The van der Waals surface area contributed by atoms with Crippen LogP contribution in [0.1, 0.15) is 24.0 Å². The smallest absolute Gasteiger partial charge is 0.0336 e. The molecule has 0 aliphatic heterocycles. The molecule has 2 aromatic rings. The molecule has 0 aliphatic rings. The summed E-state index contributed by atoms with van der Waals surface area (Å²) in [5, 5.41) is 0. The molecule has 0 radical (unpaired) electrons. The van der Waals surface area contributed by atoms with Crippen molar-refractivity contribution in [1.82, 2.24) is 0 Å². The molecule has 0 N–H and O–H groups in total. The molecule has 20 heavy (non-hydrogen) atoms. The molecule has 0 heteroatoms. The first-order chi connectivity index (χ1) is 9.86. The van der Waals surface area contributed by atoms with Gasteiger partial charge in [-0.15, -0.1) is 6.42 Å². The van der Waals surface area contributed by atoms with Crippen LogP contribution in [0.5, 0.6) is 0 Å². The van der Waals surface area contributed by atoms with Crippen molar-refractivity contribution in [3.63, 3.8) is 0 Å². The largest absolute Gasteiger partial charge is 0.115 e. The van der Waals surface area contributed by atoms with E-state index in [0.29, 0.717) is 0 Å². The van der Waals surface area contributed by atoms with Gasteiger partial charge in [0.15, 0.2) is 0 Å². The molecule has 0 spiro atoms. The minimum atomic E-state index is 0.215. The molecule has 0 atom stereocenters. The zero-order chi connectivity index (χ0) is 14.2. The van der Waals surface area contributed by atoms with Gasteiger partial charge >= 0.3 is 0 Å². The zero-order valence-electron chi connectivity index (χ0n) is 11.7. The molecule has 0 fully saturated rings. The Morgan fingerprint density at radius 2 is 1.45 bits per heavy atom. The zero-order valence-corrected chi connectivity index (χ0v) is 11.7. The molecule has 0 saturated carbocycles. The van der Waals surface area contributed by atoms with Gasteiger partial charge < -0.3 is 0 Å². The van der Waals surface area contributed by atoms with Crippen molar-refractivity contribution in [2.45, 2.75) is 12.8 Å². The number of rotatable bonds is 4. The van der Waals surface area contributed by atoms with E-state index in [-0.39, 0.29) is 5.92 Å². The van der Waals surface area contributed by atoms with E-state index in [9.17, 15) is 0 Å². The van der Waals surface area contributed by atoms with Crippen LogP contribution in [0.3, 0.4) is 0 Å². The lowest BCUT2D eigenvalue weighted by Crippen LogP contribution is -2.03. The van der Waals surface area contributed by atoms with Crippen LogP contribution in [0.15, 0.2) is 84.5 Å². The third-order valence-electron chi connectivity index (χ3n) is 3.30. The van der Waals surface area contributed by atoms with Crippen LogP contribution in [-0.2, 0) is 0 Å². The molecule has 0 amide bonds. The van der Waals surface area contributed by atoms with Gasteiger partial charge in [0.05, 0.1) is 0 Å². The van der Waals surface area contributed by atoms with E-state index in [1.54, 1.807) is 6.08 Å². The molecule has 0 nitrogen and oxygen atoms in total. The van der Waals surface area contributed by atoms with Crippen LogP contribution in [0.2, 0.25) is 0 Å². The lowest BCUT2D eigenvalue weighted by Gasteiger charge is -2.19. The van der Waals surface area contributed by atoms with Crippen LogP contribution in [0, 0.1) is 12.3 Å². The highest BCUT2D eigenvalue weighted by Crippen LogP contribution is 2.32. The normalized spacial score (nSPS) is 11.8. The number of benzene rings is 2. The Balaban J connectivity index is 2.51. The van der Waals surface area contributed by atoms with Crippen LogP contribution in [-0.4, -0.2) is 0 Å². The Bertz CT molecular complexity index is 585. The highest BCUT2D eigenvalue weighted by atomic mass is 14.2. The standard InChI is InChI=1S/C20H18/c1-3-5-12-17(4-2)20(18-13-8-6-9-14-18)19-15-10-7-11-16-19/h1,4-16,20H,2H3/b12-5-,17-4+. The molecule has 0 unspecified atom stereocenters. The monoisotopic (exact) mass is 258 g/mol. The van der Waals surface area contributed by atoms with Crippen molar-refractivity contribution >= 4 is 0 Å². The Labute approximate surface area is 121 Å². The SMILES string of the molecule is C#C/C=C\C(=C/C)C(c1ccccc1)c1ccccc1. The number of hydrogen-bond donors (Lipinski definition) is 0. The van der Waals surface area contributed by atoms with Crippen molar-refractivity contribution in [3.05, 3.63) is 95.6 Å². The Hall–Kier alpha value is -2.52. The summed E-state index contributed by atoms with van der Waals surface area (Å²) in [6.45, 7) is 2.05. The van der Waals surface area contributed by atoms with Gasteiger partial charge in [0.2, 0.25) is 0 Å². The van der Waals surface area contributed by atoms with Crippen molar-refractivity contribution in [2.24, 2.45) is 0 Å². The van der Waals surface area contributed by atoms with E-state index < -0.39 is 0 Å². The maximum Gasteiger partial charge on any atom is 0.0336 e. The minimum absolute atomic E-state index is 0.215. The summed E-state index contributed by atoms with van der Waals surface area (Å²) in [5.41, 5.74) is 3.75. The van der Waals surface area contributed by atoms with Gasteiger partial charge in [0.1, 0.15) is 0 Å². The second-order valence-electron chi connectivity index (χ2n) is 4.54. The highest BCUT2D eigenvalue weighted by Gasteiger charge is 2.16. The first-order valence-electron chi connectivity index (χ1n) is 6.75. The van der Waals surface area contributed by atoms with E-state index in [1.807, 2.05) is 18.2 Å².